The third kappa shape index (κ3) is 5.77. The summed E-state index contributed by atoms with van der Waals surface area (Å²) in [6.07, 6.45) is 1.02. The average molecular weight is 589 g/mol. The zero-order valence-corrected chi connectivity index (χ0v) is 25.3. The second kappa shape index (κ2) is 11.4. The number of aromatic nitrogens is 6. The Morgan fingerprint density at radius 2 is 1.95 bits per heavy atom. The van der Waals surface area contributed by atoms with Gasteiger partial charge in [0.1, 0.15) is 17.8 Å². The Kier molecular flexibility index (Phi) is 7.88. The molecule has 1 aliphatic heterocycles. The van der Waals surface area contributed by atoms with Gasteiger partial charge in [-0.25, -0.2) is 18.9 Å². The van der Waals surface area contributed by atoms with Gasteiger partial charge in [-0.2, -0.15) is 4.98 Å². The van der Waals surface area contributed by atoms with Crippen LogP contribution in [0.3, 0.4) is 0 Å². The number of aryl methyl sites for hydroxylation is 2. The number of alkyl carbamates (subject to hydrolysis) is 1. The molecule has 1 fully saturated rings. The predicted molar refractivity (Wildman–Crippen MR) is 162 cm³/mol. The first-order chi connectivity index (χ1) is 20.4. The van der Waals surface area contributed by atoms with Gasteiger partial charge in [0.2, 0.25) is 5.95 Å². The summed E-state index contributed by atoms with van der Waals surface area (Å²) in [6, 6.07) is 7.01. The summed E-state index contributed by atoms with van der Waals surface area (Å²) in [7, 11) is 1.54. The minimum Gasteiger partial charge on any atom is -0.710 e. The summed E-state index contributed by atoms with van der Waals surface area (Å²) >= 11 is 0. The maximum Gasteiger partial charge on any atom is 0.407 e. The zero-order valence-electron chi connectivity index (χ0n) is 25.3. The summed E-state index contributed by atoms with van der Waals surface area (Å²) < 4.78 is 10.1. The van der Waals surface area contributed by atoms with Crippen LogP contribution in [-0.4, -0.2) is 54.5 Å². The van der Waals surface area contributed by atoms with Crippen LogP contribution in [0.15, 0.2) is 33.9 Å². The van der Waals surface area contributed by atoms with E-state index in [1.165, 1.54) is 4.57 Å². The van der Waals surface area contributed by atoms with Gasteiger partial charge in [0.05, 0.1) is 11.9 Å². The second-order valence-corrected chi connectivity index (χ2v) is 11.7. The van der Waals surface area contributed by atoms with Crippen molar-refractivity contribution in [2.75, 3.05) is 18.0 Å². The van der Waals surface area contributed by atoms with Crippen molar-refractivity contribution >= 4 is 34.1 Å². The molecule has 5 rings (SSSR count). The van der Waals surface area contributed by atoms with Crippen molar-refractivity contribution in [3.63, 3.8) is 0 Å². The third-order valence-corrected chi connectivity index (χ3v) is 7.43. The Hall–Kier alpha value is -4.86. The molecule has 13 nitrogen and oxygen atoms in total. The molecule has 0 bridgehead atoms. The first-order valence-electron chi connectivity index (χ1n) is 14.2. The molecule has 0 unspecified atom stereocenters. The van der Waals surface area contributed by atoms with Crippen molar-refractivity contribution in [2.24, 2.45) is 7.05 Å². The van der Waals surface area contributed by atoms with E-state index in [-0.39, 0.29) is 36.1 Å². The van der Waals surface area contributed by atoms with Crippen molar-refractivity contribution < 1.29 is 14.3 Å². The molecule has 1 atom stereocenters. The summed E-state index contributed by atoms with van der Waals surface area (Å²) in [5.74, 6) is 6.38. The lowest BCUT2D eigenvalue weighted by Gasteiger charge is -2.34. The molecule has 4 heterocycles. The molecule has 1 aliphatic rings. The molecule has 0 radical (unpaired) electrons. The number of hydrogen-bond acceptors (Lipinski definition) is 8. The minimum absolute atomic E-state index is 0.0291. The quantitative estimate of drug-likeness (QED) is 0.212. The van der Waals surface area contributed by atoms with E-state index in [1.807, 2.05) is 37.8 Å². The largest absolute Gasteiger partial charge is 0.710 e. The fraction of sp³-hybridized carbons (Fsp3) is 0.467. The molecule has 226 valence electrons. The first-order valence-corrected chi connectivity index (χ1v) is 14.2. The number of nitrogens with zero attached hydrogens (tertiary/aromatic N) is 7. The number of benzene rings is 1. The Morgan fingerprint density at radius 1 is 1.21 bits per heavy atom. The highest BCUT2D eigenvalue weighted by molar-refractivity contribution is 5.79. The van der Waals surface area contributed by atoms with Gasteiger partial charge in [0.25, 0.3) is 5.56 Å². The zero-order chi connectivity index (χ0) is 31.1. The number of amides is 1. The smallest absolute Gasteiger partial charge is 0.407 e. The molecule has 1 N–H and O–H groups in total. The second-order valence-electron chi connectivity index (χ2n) is 11.7. The third-order valence-electron chi connectivity index (χ3n) is 7.43. The number of nitrogens with one attached hydrogen (secondary N) is 1. The van der Waals surface area contributed by atoms with Crippen molar-refractivity contribution in [2.45, 2.75) is 72.2 Å². The highest BCUT2D eigenvalue weighted by Crippen LogP contribution is 2.24. The lowest BCUT2D eigenvalue weighted by atomic mass is 10.1. The van der Waals surface area contributed by atoms with Crippen LogP contribution >= 0.6 is 0 Å². The predicted octanol–water partition coefficient (Wildman–Crippen LogP) is 1.95. The minimum atomic E-state index is -0.623. The molecule has 13 heteroatoms. The molecule has 0 saturated carbocycles. The standard InChI is InChI=1S/C30H36N8O5/c1-7-8-16-36-24-25(33-27(36)35-15-11-12-20(17-35)31-28(40)43-30(3,4)5)34(6)29(41)37(26(24)39)18-23-32-22-14-10-9-13-21(22)19(2)38(23)42/h9-10,13-14,20H,11-12,15-18H2,1-6H3,(H,31,40)/t20-/m1/s1. The summed E-state index contributed by atoms with van der Waals surface area (Å²) in [6.45, 7) is 9.71. The van der Waals surface area contributed by atoms with Gasteiger partial charge < -0.3 is 20.2 Å². The highest BCUT2D eigenvalue weighted by atomic mass is 16.6. The summed E-state index contributed by atoms with van der Waals surface area (Å²) in [5.41, 5.74) is -0.414. The van der Waals surface area contributed by atoms with E-state index in [2.05, 4.69) is 22.1 Å². The monoisotopic (exact) mass is 588 g/mol. The van der Waals surface area contributed by atoms with Crippen LogP contribution in [0.5, 0.6) is 0 Å². The molecule has 43 heavy (non-hydrogen) atoms. The molecular weight excluding hydrogens is 552 g/mol. The topological polar surface area (TPSA) is 143 Å². The van der Waals surface area contributed by atoms with E-state index in [1.54, 1.807) is 37.6 Å². The number of piperidine rings is 1. The van der Waals surface area contributed by atoms with Crippen molar-refractivity contribution in [3.8, 4) is 11.8 Å². The molecule has 3 aromatic heterocycles. The maximum atomic E-state index is 14.0. The van der Waals surface area contributed by atoms with Crippen LogP contribution in [0, 0.1) is 24.0 Å². The van der Waals surface area contributed by atoms with Gasteiger partial charge in [-0.05, 0) is 64.6 Å². The SMILES string of the molecule is CC#CCn1c(N2CCC[C@@H](NC(=O)OC(C)(C)C)C2)nc2c1c(=O)n(Cc1nc3ccccc3c(C)[n+]1[O-])c(=O)n2C. The van der Waals surface area contributed by atoms with Crippen molar-refractivity contribution in [3.05, 3.63) is 61.8 Å². The number of fused-ring (bicyclic) bond motifs is 2. The van der Waals surface area contributed by atoms with Crippen LogP contribution in [0.25, 0.3) is 22.1 Å². The van der Waals surface area contributed by atoms with E-state index >= 15 is 0 Å². The number of hydrogen-bond donors (Lipinski definition) is 1. The number of ether oxygens (including phenoxy) is 1. The number of carbonyl (C=O) groups excluding carboxylic acids is 1. The highest BCUT2D eigenvalue weighted by Gasteiger charge is 2.29. The molecule has 0 spiro atoms. The Morgan fingerprint density at radius 3 is 2.67 bits per heavy atom. The van der Waals surface area contributed by atoms with Gasteiger partial charge in [0.15, 0.2) is 16.7 Å². The molecule has 0 aliphatic carbocycles. The van der Waals surface area contributed by atoms with Gasteiger partial charge >= 0.3 is 17.6 Å². The molecule has 1 aromatic carbocycles. The summed E-state index contributed by atoms with van der Waals surface area (Å²) in [5, 5.41) is 16.7. The first kappa shape index (κ1) is 29.6. The van der Waals surface area contributed by atoms with Crippen LogP contribution in [-0.2, 0) is 24.9 Å². The molecular formula is C30H36N8O5. The fourth-order valence-electron chi connectivity index (χ4n) is 5.41. The van der Waals surface area contributed by atoms with E-state index in [4.69, 9.17) is 9.72 Å². The van der Waals surface area contributed by atoms with Gasteiger partial charge in [-0.1, -0.05) is 18.1 Å². The lowest BCUT2D eigenvalue weighted by Crippen LogP contribution is -2.49. The number of anilines is 1. The number of carbonyl (C=O) groups is 1. The Balaban J connectivity index is 1.58. The number of rotatable bonds is 5. The van der Waals surface area contributed by atoms with Gasteiger partial charge in [-0.3, -0.25) is 13.9 Å². The number of imidazole rings is 1. The average Bonchev–Trinajstić information content (AvgIpc) is 3.34. The normalized spacial score (nSPS) is 15.4. The van der Waals surface area contributed by atoms with E-state index in [9.17, 15) is 19.6 Å². The molecule has 1 amide bonds. The van der Waals surface area contributed by atoms with Crippen molar-refractivity contribution in [1.82, 2.24) is 29.0 Å². The van der Waals surface area contributed by atoms with Crippen LogP contribution in [0.1, 0.15) is 52.1 Å². The number of para-hydroxylation sites is 1. The van der Waals surface area contributed by atoms with E-state index in [0.29, 0.717) is 40.4 Å². The lowest BCUT2D eigenvalue weighted by molar-refractivity contribution is -0.623. The summed E-state index contributed by atoms with van der Waals surface area (Å²) in [4.78, 5) is 51.2. The van der Waals surface area contributed by atoms with E-state index < -0.39 is 22.9 Å². The van der Waals surface area contributed by atoms with Gasteiger partial charge in [0, 0.05) is 26.2 Å². The Bertz CT molecular complexity index is 1900. The van der Waals surface area contributed by atoms with Crippen LogP contribution < -0.4 is 26.2 Å². The van der Waals surface area contributed by atoms with E-state index in [0.717, 1.165) is 17.4 Å². The Labute approximate surface area is 248 Å². The van der Waals surface area contributed by atoms with Crippen LogP contribution in [0.4, 0.5) is 10.7 Å². The molecule has 1 saturated heterocycles. The van der Waals surface area contributed by atoms with Crippen LogP contribution in [0.2, 0.25) is 0 Å². The van der Waals surface area contributed by atoms with Crippen molar-refractivity contribution in [1.29, 1.82) is 0 Å². The van der Waals surface area contributed by atoms with Gasteiger partial charge in [-0.15, -0.1) is 5.92 Å². The fourth-order valence-corrected chi connectivity index (χ4v) is 5.41. The maximum absolute atomic E-state index is 14.0. The molecule has 4 aromatic rings.